The third-order valence-electron chi connectivity index (χ3n) is 6.57. The molecular weight excluding hydrogens is 516 g/mol. The van der Waals surface area contributed by atoms with Gasteiger partial charge in [-0.05, 0) is 29.8 Å². The molecule has 11 heteroatoms. The molecule has 2 N–H and O–H groups in total. The summed E-state index contributed by atoms with van der Waals surface area (Å²) in [7, 11) is 1.30. The Labute approximate surface area is 223 Å². The minimum absolute atomic E-state index is 0.0951. The number of nitrogens with zero attached hydrogens (tertiary/aromatic N) is 1. The Morgan fingerprint density at radius 2 is 1.51 bits per heavy atom. The van der Waals surface area contributed by atoms with E-state index in [0.29, 0.717) is 61.1 Å². The van der Waals surface area contributed by atoms with Gasteiger partial charge in [-0.3, -0.25) is 4.79 Å². The highest BCUT2D eigenvalue weighted by atomic mass is 19.1. The molecule has 206 valence electrons. The number of carbonyl (C=O) groups excluding carboxylic acids is 1. The standard InChI is InChI=1S/C28H27F2NO8/c1-35-27(34)15-31-4-5-36-6-7-37-8-9-38-24-3-2-16(10-21(24)31)28-17-11-19(29)22(32)13-25(17)39-26-14-23(33)20(30)12-18(26)28/h2-3,10-14,28,32-33H,4-9,15H2,1H3. The summed E-state index contributed by atoms with van der Waals surface area (Å²) in [6, 6.07) is 9.77. The fourth-order valence-corrected chi connectivity index (χ4v) is 4.68. The molecule has 0 saturated carbocycles. The normalized spacial score (nSPS) is 15.9. The first kappa shape index (κ1) is 26.5. The smallest absolute Gasteiger partial charge is 0.325 e. The van der Waals surface area contributed by atoms with Gasteiger partial charge in [-0.25, -0.2) is 8.78 Å². The first-order chi connectivity index (χ1) is 18.9. The van der Waals surface area contributed by atoms with E-state index in [9.17, 15) is 23.8 Å². The van der Waals surface area contributed by atoms with Crippen LogP contribution in [0.25, 0.3) is 0 Å². The molecule has 0 aromatic heterocycles. The van der Waals surface area contributed by atoms with Gasteiger partial charge in [0.2, 0.25) is 0 Å². The molecule has 3 aromatic rings. The SMILES string of the molecule is COC(=O)CN1CCOCCOCCOc2ccc(C3c4cc(F)c(O)cc4Oc4cc(O)c(F)cc43)cc21. The van der Waals surface area contributed by atoms with Gasteiger partial charge in [-0.15, -0.1) is 0 Å². The number of fused-ring (bicyclic) bond motifs is 3. The molecule has 2 heterocycles. The van der Waals surface area contributed by atoms with Crippen molar-refractivity contribution in [1.82, 2.24) is 0 Å². The predicted octanol–water partition coefficient (Wildman–Crippen LogP) is 4.07. The molecule has 0 spiro atoms. The molecule has 2 aliphatic rings. The van der Waals surface area contributed by atoms with Crippen LogP contribution in [-0.2, 0) is 19.0 Å². The molecule has 0 aliphatic carbocycles. The van der Waals surface area contributed by atoms with Crippen LogP contribution in [0.1, 0.15) is 22.6 Å². The van der Waals surface area contributed by atoms with E-state index in [1.54, 1.807) is 23.1 Å². The maximum absolute atomic E-state index is 14.6. The van der Waals surface area contributed by atoms with Crippen molar-refractivity contribution < 1.29 is 47.5 Å². The van der Waals surface area contributed by atoms with Crippen LogP contribution < -0.4 is 14.4 Å². The molecule has 2 aliphatic heterocycles. The van der Waals surface area contributed by atoms with Gasteiger partial charge < -0.3 is 38.8 Å². The van der Waals surface area contributed by atoms with Gasteiger partial charge in [-0.2, -0.15) is 0 Å². The van der Waals surface area contributed by atoms with Crippen molar-refractivity contribution in [2.75, 3.05) is 58.1 Å². The van der Waals surface area contributed by atoms with E-state index in [-0.39, 0.29) is 24.7 Å². The number of esters is 1. The molecule has 9 nitrogen and oxygen atoms in total. The number of methoxy groups -OCH3 is 1. The van der Waals surface area contributed by atoms with Crippen LogP contribution in [0.5, 0.6) is 28.7 Å². The predicted molar refractivity (Wildman–Crippen MR) is 135 cm³/mol. The number of carbonyl (C=O) groups is 1. The summed E-state index contributed by atoms with van der Waals surface area (Å²) in [5, 5.41) is 20.0. The third-order valence-corrected chi connectivity index (χ3v) is 6.57. The highest BCUT2D eigenvalue weighted by molar-refractivity contribution is 5.77. The number of hydrogen-bond donors (Lipinski definition) is 2. The van der Waals surface area contributed by atoms with Crippen molar-refractivity contribution in [3.8, 4) is 28.7 Å². The van der Waals surface area contributed by atoms with E-state index in [1.807, 2.05) is 0 Å². The highest BCUT2D eigenvalue weighted by Gasteiger charge is 2.33. The first-order valence-electron chi connectivity index (χ1n) is 12.3. The summed E-state index contributed by atoms with van der Waals surface area (Å²) in [5.41, 5.74) is 1.81. The second kappa shape index (κ2) is 11.3. The van der Waals surface area contributed by atoms with Crippen LogP contribution in [0.3, 0.4) is 0 Å². The lowest BCUT2D eigenvalue weighted by Crippen LogP contribution is -2.34. The summed E-state index contributed by atoms with van der Waals surface area (Å²) >= 11 is 0. The maximum Gasteiger partial charge on any atom is 0.325 e. The third kappa shape index (κ3) is 5.55. The minimum atomic E-state index is -0.871. The van der Waals surface area contributed by atoms with Gasteiger partial charge in [0.05, 0.1) is 39.2 Å². The number of phenols is 2. The average Bonchev–Trinajstić information content (AvgIpc) is 2.91. The van der Waals surface area contributed by atoms with E-state index in [2.05, 4.69) is 0 Å². The Morgan fingerprint density at radius 1 is 0.897 bits per heavy atom. The summed E-state index contributed by atoms with van der Waals surface area (Å²) in [4.78, 5) is 14.1. The van der Waals surface area contributed by atoms with E-state index in [4.69, 9.17) is 23.7 Å². The summed E-state index contributed by atoms with van der Waals surface area (Å²) < 4.78 is 57.0. The Hall–Kier alpha value is -4.09. The average molecular weight is 544 g/mol. The van der Waals surface area contributed by atoms with Crippen LogP contribution in [0.15, 0.2) is 42.5 Å². The molecule has 0 radical (unpaired) electrons. The van der Waals surface area contributed by atoms with Crippen molar-refractivity contribution in [2.24, 2.45) is 0 Å². The number of ether oxygens (including phenoxy) is 5. The van der Waals surface area contributed by atoms with Gasteiger partial charge in [0, 0.05) is 35.7 Å². The molecule has 3 aromatic carbocycles. The minimum Gasteiger partial charge on any atom is -0.505 e. The highest BCUT2D eigenvalue weighted by Crippen LogP contribution is 2.51. The van der Waals surface area contributed by atoms with Crippen molar-refractivity contribution >= 4 is 11.7 Å². The van der Waals surface area contributed by atoms with E-state index in [0.717, 1.165) is 24.3 Å². The Balaban J connectivity index is 1.66. The summed E-state index contributed by atoms with van der Waals surface area (Å²) in [6.45, 7) is 1.88. The number of halogens is 2. The zero-order chi connectivity index (χ0) is 27.5. The number of hydrogen-bond acceptors (Lipinski definition) is 9. The lowest BCUT2D eigenvalue weighted by molar-refractivity contribution is -0.139. The lowest BCUT2D eigenvalue weighted by Gasteiger charge is -2.31. The zero-order valence-corrected chi connectivity index (χ0v) is 21.1. The molecule has 0 unspecified atom stereocenters. The topological polar surface area (TPSA) is 107 Å². The molecule has 0 fully saturated rings. The quantitative estimate of drug-likeness (QED) is 0.370. The summed E-state index contributed by atoms with van der Waals surface area (Å²) in [5.74, 6) is -3.42. The van der Waals surface area contributed by atoms with Crippen LogP contribution >= 0.6 is 0 Å². The molecule has 5 rings (SSSR count). The fraction of sp³-hybridized carbons (Fsp3) is 0.321. The number of phenolic OH excluding ortho intramolecular Hbond substituents is 2. The van der Waals surface area contributed by atoms with Gasteiger partial charge in [0.1, 0.15) is 30.4 Å². The molecular formula is C28H27F2NO8. The second-order valence-corrected chi connectivity index (χ2v) is 9.02. The fourth-order valence-electron chi connectivity index (χ4n) is 4.68. The summed E-state index contributed by atoms with van der Waals surface area (Å²) in [6.07, 6.45) is 0. The Bertz CT molecular complexity index is 1320. The number of aromatic hydroxyl groups is 2. The van der Waals surface area contributed by atoms with Crippen LogP contribution in [0, 0.1) is 11.6 Å². The van der Waals surface area contributed by atoms with Gasteiger partial charge in [0.25, 0.3) is 0 Å². The molecule has 39 heavy (non-hydrogen) atoms. The Kier molecular flexibility index (Phi) is 7.71. The number of rotatable bonds is 3. The maximum atomic E-state index is 14.6. The number of benzene rings is 3. The van der Waals surface area contributed by atoms with Crippen molar-refractivity contribution in [2.45, 2.75) is 5.92 Å². The van der Waals surface area contributed by atoms with E-state index < -0.39 is 35.0 Å². The molecule has 0 saturated heterocycles. The lowest BCUT2D eigenvalue weighted by atomic mass is 9.82. The van der Waals surface area contributed by atoms with Crippen LogP contribution in [-0.4, -0.2) is 69.4 Å². The van der Waals surface area contributed by atoms with Gasteiger partial charge >= 0.3 is 5.97 Å². The molecule has 0 atom stereocenters. The van der Waals surface area contributed by atoms with Crippen molar-refractivity contribution in [3.63, 3.8) is 0 Å². The Morgan fingerprint density at radius 3 is 2.15 bits per heavy atom. The van der Waals surface area contributed by atoms with Crippen molar-refractivity contribution in [3.05, 3.63) is 70.8 Å². The van der Waals surface area contributed by atoms with Crippen LogP contribution in [0.2, 0.25) is 0 Å². The van der Waals surface area contributed by atoms with E-state index in [1.165, 1.54) is 7.11 Å². The van der Waals surface area contributed by atoms with Gasteiger partial charge in [0.15, 0.2) is 23.1 Å². The number of anilines is 1. The van der Waals surface area contributed by atoms with Crippen LogP contribution in [0.4, 0.5) is 14.5 Å². The largest absolute Gasteiger partial charge is 0.505 e. The van der Waals surface area contributed by atoms with Crippen molar-refractivity contribution in [1.29, 1.82) is 0 Å². The monoisotopic (exact) mass is 543 g/mol. The van der Waals surface area contributed by atoms with E-state index >= 15 is 0 Å². The zero-order valence-electron chi connectivity index (χ0n) is 21.1. The first-order valence-corrected chi connectivity index (χ1v) is 12.3. The molecule has 0 bridgehead atoms. The van der Waals surface area contributed by atoms with Gasteiger partial charge in [-0.1, -0.05) is 6.07 Å². The second-order valence-electron chi connectivity index (χ2n) is 9.02. The molecule has 0 amide bonds.